The minimum atomic E-state index is -1.13. The average Bonchev–Trinajstić information content (AvgIpc) is 3.24. The number of fused-ring (bicyclic) bond motifs is 2. The maximum Gasteiger partial charge on any atom is 0.412 e. The summed E-state index contributed by atoms with van der Waals surface area (Å²) in [5, 5.41) is 27.9. The minimum Gasteiger partial charge on any atom is -0.507 e. The van der Waals surface area contributed by atoms with Gasteiger partial charge in [0.15, 0.2) is 22.9 Å². The van der Waals surface area contributed by atoms with E-state index in [4.69, 9.17) is 14.3 Å². The van der Waals surface area contributed by atoms with Gasteiger partial charge in [-0.05, 0) is 19.0 Å². The highest BCUT2D eigenvalue weighted by atomic mass is 16.6. The number of furan rings is 1. The van der Waals surface area contributed by atoms with Gasteiger partial charge in [-0.2, -0.15) is 0 Å². The number of ketones is 1. The Morgan fingerprint density at radius 1 is 1.00 bits per heavy atom. The monoisotopic (exact) mass is 457 g/mol. The number of aromatic hydroxyl groups is 1. The van der Waals surface area contributed by atoms with E-state index in [0.29, 0.717) is 23.7 Å². The topological polar surface area (TPSA) is 167 Å². The Balaban J connectivity index is 1.61. The van der Waals surface area contributed by atoms with Gasteiger partial charge in [0.2, 0.25) is 5.91 Å². The molecular weight excluding hydrogens is 434 g/mol. The zero-order valence-electron chi connectivity index (χ0n) is 17.8. The van der Waals surface area contributed by atoms with Gasteiger partial charge >= 0.3 is 12.1 Å². The van der Waals surface area contributed by atoms with Crippen molar-refractivity contribution >= 4 is 45.5 Å². The molecule has 33 heavy (non-hydrogen) atoms. The molecule has 2 aromatic carbocycles. The van der Waals surface area contributed by atoms with Gasteiger partial charge in [0, 0.05) is 24.2 Å². The highest BCUT2D eigenvalue weighted by molar-refractivity contribution is 6.11. The van der Waals surface area contributed by atoms with Gasteiger partial charge in [0.25, 0.3) is 0 Å². The number of hydrogen-bond acceptors (Lipinski definition) is 8. The normalized spacial score (nSPS) is 10.8. The Bertz CT molecular complexity index is 1220. The van der Waals surface area contributed by atoms with Gasteiger partial charge < -0.3 is 35.3 Å². The third kappa shape index (κ3) is 5.77. The molecule has 0 fully saturated rings. The second-order valence-electron chi connectivity index (χ2n) is 7.15. The van der Waals surface area contributed by atoms with E-state index in [1.54, 1.807) is 24.3 Å². The zero-order chi connectivity index (χ0) is 24.0. The number of carboxylic acids is 1. The van der Waals surface area contributed by atoms with Gasteiger partial charge in [0.1, 0.15) is 12.3 Å². The second-order valence-corrected chi connectivity index (χ2v) is 7.15. The van der Waals surface area contributed by atoms with Crippen LogP contribution >= 0.6 is 0 Å². The van der Waals surface area contributed by atoms with Gasteiger partial charge in [-0.3, -0.25) is 14.4 Å². The highest BCUT2D eigenvalue weighted by Gasteiger charge is 2.22. The van der Waals surface area contributed by atoms with Gasteiger partial charge in [-0.1, -0.05) is 24.3 Å². The SMILES string of the molecule is CC(=O)c1cc2c(O)c3ccccc3c(OC(=O)NCCCNCC(=O)NCC(=O)O)c2o1. The number of amides is 2. The van der Waals surface area contributed by atoms with Crippen molar-refractivity contribution in [1.29, 1.82) is 0 Å². The average molecular weight is 457 g/mol. The molecular formula is C22H23N3O8. The van der Waals surface area contributed by atoms with E-state index in [2.05, 4.69) is 16.0 Å². The van der Waals surface area contributed by atoms with Crippen LogP contribution < -0.4 is 20.7 Å². The smallest absolute Gasteiger partial charge is 0.412 e. The summed E-state index contributed by atoms with van der Waals surface area (Å²) in [5.74, 6) is -1.89. The van der Waals surface area contributed by atoms with Crippen molar-refractivity contribution in [1.82, 2.24) is 16.0 Å². The Hall–Kier alpha value is -4.12. The standard InChI is InChI=1S/C22H23N3O8/c1-12(26)16-9-15-19(30)13-5-2-3-6-14(13)20(21(15)32-16)33-22(31)24-8-4-7-23-10-17(27)25-11-18(28)29/h2-3,5-6,9,23,30H,4,7-8,10-11H2,1H3,(H,24,31)(H,25,27)(H,28,29). The summed E-state index contributed by atoms with van der Waals surface area (Å²) < 4.78 is 11.0. The number of phenols is 1. The number of hydrogen-bond donors (Lipinski definition) is 5. The number of ether oxygens (including phenoxy) is 1. The molecule has 0 aliphatic heterocycles. The molecule has 3 aromatic rings. The number of benzene rings is 2. The first kappa shape index (κ1) is 23.5. The van der Waals surface area contributed by atoms with Crippen LogP contribution in [0.5, 0.6) is 11.5 Å². The number of Topliss-reactive ketones (excluding diaryl/α,β-unsaturated/α-hetero) is 1. The Morgan fingerprint density at radius 2 is 1.73 bits per heavy atom. The largest absolute Gasteiger partial charge is 0.507 e. The van der Waals surface area contributed by atoms with Crippen LogP contribution in [-0.2, 0) is 9.59 Å². The molecule has 1 aromatic heterocycles. The molecule has 0 saturated heterocycles. The molecule has 0 aliphatic carbocycles. The van der Waals surface area contributed by atoms with Crippen LogP contribution in [0.15, 0.2) is 34.7 Å². The predicted molar refractivity (Wildman–Crippen MR) is 118 cm³/mol. The van der Waals surface area contributed by atoms with Crippen LogP contribution in [0.3, 0.4) is 0 Å². The first-order valence-electron chi connectivity index (χ1n) is 10.1. The molecule has 0 atom stereocenters. The zero-order valence-corrected chi connectivity index (χ0v) is 17.8. The molecule has 174 valence electrons. The number of nitrogens with one attached hydrogen (secondary N) is 3. The van der Waals surface area contributed by atoms with Gasteiger partial charge in [-0.15, -0.1) is 0 Å². The summed E-state index contributed by atoms with van der Waals surface area (Å²) in [5.41, 5.74) is 0.0839. The van der Waals surface area contributed by atoms with Crippen molar-refractivity contribution in [2.45, 2.75) is 13.3 Å². The number of phenolic OH excluding ortho intramolecular Hbond substituents is 1. The van der Waals surface area contributed by atoms with E-state index >= 15 is 0 Å². The summed E-state index contributed by atoms with van der Waals surface area (Å²) in [6, 6.07) is 8.16. The lowest BCUT2D eigenvalue weighted by Gasteiger charge is -2.11. The molecule has 0 bridgehead atoms. The van der Waals surface area contributed by atoms with E-state index in [0.717, 1.165) is 0 Å². The molecule has 0 unspecified atom stereocenters. The van der Waals surface area contributed by atoms with Gasteiger partial charge in [-0.25, -0.2) is 4.79 Å². The quantitative estimate of drug-likeness (QED) is 0.225. The van der Waals surface area contributed by atoms with Crippen molar-refractivity contribution < 1.29 is 38.5 Å². The number of carboxylic acid groups (broad SMARTS) is 1. The molecule has 3 rings (SSSR count). The minimum absolute atomic E-state index is 0.0272. The van der Waals surface area contributed by atoms with Crippen molar-refractivity contribution in [2.24, 2.45) is 0 Å². The Kier molecular flexibility index (Phi) is 7.46. The van der Waals surface area contributed by atoms with Crippen molar-refractivity contribution in [3.05, 3.63) is 36.1 Å². The number of carbonyl (C=O) groups is 4. The van der Waals surface area contributed by atoms with Gasteiger partial charge in [0.05, 0.1) is 11.9 Å². The van der Waals surface area contributed by atoms with Crippen molar-refractivity contribution in [2.75, 3.05) is 26.2 Å². The lowest BCUT2D eigenvalue weighted by Crippen LogP contribution is -2.37. The fourth-order valence-electron chi connectivity index (χ4n) is 3.14. The fourth-order valence-corrected chi connectivity index (χ4v) is 3.14. The summed E-state index contributed by atoms with van der Waals surface area (Å²) in [4.78, 5) is 45.9. The summed E-state index contributed by atoms with van der Waals surface area (Å²) in [7, 11) is 0. The predicted octanol–water partition coefficient (Wildman–Crippen LogP) is 1.76. The molecule has 2 amide bonds. The van der Waals surface area contributed by atoms with Crippen LogP contribution in [0, 0.1) is 0 Å². The maximum atomic E-state index is 12.4. The number of rotatable bonds is 10. The highest BCUT2D eigenvalue weighted by Crippen LogP contribution is 2.43. The van der Waals surface area contributed by atoms with Crippen LogP contribution in [0.2, 0.25) is 0 Å². The summed E-state index contributed by atoms with van der Waals surface area (Å²) >= 11 is 0. The van der Waals surface area contributed by atoms with Crippen molar-refractivity contribution in [3.8, 4) is 11.5 Å². The van der Waals surface area contributed by atoms with E-state index in [9.17, 15) is 24.3 Å². The molecule has 0 aliphatic rings. The second kappa shape index (κ2) is 10.5. The van der Waals surface area contributed by atoms with Crippen LogP contribution in [0.4, 0.5) is 4.79 Å². The Morgan fingerprint density at radius 3 is 2.42 bits per heavy atom. The van der Waals surface area contributed by atoms with E-state index in [1.165, 1.54) is 13.0 Å². The molecule has 0 saturated carbocycles. The lowest BCUT2D eigenvalue weighted by atomic mass is 10.1. The third-order valence-electron chi connectivity index (χ3n) is 4.68. The molecule has 0 spiro atoms. The van der Waals surface area contributed by atoms with E-state index in [-0.39, 0.29) is 47.1 Å². The van der Waals surface area contributed by atoms with E-state index < -0.39 is 24.5 Å². The molecule has 5 N–H and O–H groups in total. The first-order valence-corrected chi connectivity index (χ1v) is 10.1. The molecule has 1 heterocycles. The number of carbonyl (C=O) groups excluding carboxylic acids is 3. The maximum absolute atomic E-state index is 12.4. The van der Waals surface area contributed by atoms with Crippen LogP contribution in [0.1, 0.15) is 23.9 Å². The van der Waals surface area contributed by atoms with Crippen LogP contribution in [-0.4, -0.2) is 60.1 Å². The summed E-state index contributed by atoms with van der Waals surface area (Å²) in [6.45, 7) is 1.46. The third-order valence-corrected chi connectivity index (χ3v) is 4.68. The van der Waals surface area contributed by atoms with Crippen molar-refractivity contribution in [3.63, 3.8) is 0 Å². The van der Waals surface area contributed by atoms with Crippen LogP contribution in [0.25, 0.3) is 21.7 Å². The lowest BCUT2D eigenvalue weighted by molar-refractivity contribution is -0.137. The van der Waals surface area contributed by atoms with E-state index in [1.807, 2.05) is 0 Å². The number of aliphatic carboxylic acids is 1. The molecule has 11 heteroatoms. The molecule has 11 nitrogen and oxygen atoms in total. The fraction of sp³-hybridized carbons (Fsp3) is 0.273. The Labute approximate surface area is 187 Å². The summed E-state index contributed by atoms with van der Waals surface area (Å²) in [6.07, 6.45) is -0.283. The molecule has 0 radical (unpaired) electrons. The first-order chi connectivity index (χ1) is 15.8.